The van der Waals surface area contributed by atoms with Crippen LogP contribution >= 0.6 is 0 Å². The zero-order chi connectivity index (χ0) is 21.5. The predicted octanol–water partition coefficient (Wildman–Crippen LogP) is 6.92. The molecule has 0 radical (unpaired) electrons. The smallest absolute Gasteiger partial charge is 0.182 e. The van der Waals surface area contributed by atoms with Crippen LogP contribution in [0.15, 0.2) is 83.9 Å². The van der Waals surface area contributed by atoms with Gasteiger partial charge >= 0.3 is 23.1 Å². The Balaban J connectivity index is 0.000000151. The number of rotatable bonds is 0. The molecule has 32 heavy (non-hydrogen) atoms. The largest absolute Gasteiger partial charge is 2.00 e. The van der Waals surface area contributed by atoms with Crippen LogP contribution in [0.4, 0.5) is 0 Å². The van der Waals surface area contributed by atoms with E-state index in [1.54, 1.807) is 5.17 Å². The molecule has 152 valence electrons. The van der Waals surface area contributed by atoms with Gasteiger partial charge in [-0.15, -0.1) is 62.7 Å². The molecule has 2 heteroatoms. The summed E-state index contributed by atoms with van der Waals surface area (Å²) in [5.74, 6) is 0. The summed E-state index contributed by atoms with van der Waals surface area (Å²) in [7, 11) is -0.423. The Labute approximate surface area is 209 Å². The third-order valence-electron chi connectivity index (χ3n) is 6.20. The SMILES string of the molecule is CC1=[C-]c2c(ccc3ccccc23)C1.CC1=[C-]c2c(ccc3ccccc23)C1=[Si](C)C.[Mg+2]. The van der Waals surface area contributed by atoms with Gasteiger partial charge in [-0.1, -0.05) is 104 Å². The minimum Gasteiger partial charge on any atom is -0.182 e. The Morgan fingerprint density at radius 3 is 1.94 bits per heavy atom. The molecule has 0 aromatic heterocycles. The van der Waals surface area contributed by atoms with Gasteiger partial charge in [-0.05, 0) is 8.41 Å². The normalized spacial score (nSPS) is 13.6. The van der Waals surface area contributed by atoms with Gasteiger partial charge < -0.3 is 0 Å². The van der Waals surface area contributed by atoms with Crippen LogP contribution in [0.3, 0.4) is 0 Å². The van der Waals surface area contributed by atoms with E-state index in [0.29, 0.717) is 0 Å². The maximum atomic E-state index is 3.58. The van der Waals surface area contributed by atoms with Crippen molar-refractivity contribution in [3.05, 3.63) is 118 Å². The van der Waals surface area contributed by atoms with Crippen LogP contribution in [-0.4, -0.2) is 36.6 Å². The van der Waals surface area contributed by atoms with Gasteiger partial charge in [0.1, 0.15) is 0 Å². The van der Waals surface area contributed by atoms with E-state index in [-0.39, 0.29) is 23.1 Å². The molecular weight excluding hydrogens is 413 g/mol. The third-order valence-corrected chi connectivity index (χ3v) is 7.84. The van der Waals surface area contributed by atoms with Crippen LogP contribution in [0.2, 0.25) is 13.1 Å². The number of hydrogen-bond acceptors (Lipinski definition) is 0. The van der Waals surface area contributed by atoms with Crippen molar-refractivity contribution >= 4 is 58.2 Å². The standard InChI is InChI=1S/C16H15Si.C14H11.Mg/c1-11-10-15-13-7-5-4-6-12(13)8-9-14(15)16(11)17(2)3;1-10-8-12-7-6-11-4-2-3-5-13(11)14(12)9-10;/h4-9H,1-3H3;2-7H,8H2,1H3;/q2*-1;+2. The second kappa shape index (κ2) is 9.31. The van der Waals surface area contributed by atoms with Gasteiger partial charge in [0.05, 0.1) is 0 Å². The van der Waals surface area contributed by atoms with Crippen molar-refractivity contribution < 1.29 is 0 Å². The Kier molecular flexibility index (Phi) is 6.66. The van der Waals surface area contributed by atoms with Crippen molar-refractivity contribution in [3.63, 3.8) is 0 Å². The molecule has 0 nitrogen and oxygen atoms in total. The van der Waals surface area contributed by atoms with Gasteiger partial charge in [-0.25, -0.2) is 0 Å². The average molecular weight is 439 g/mol. The molecule has 0 N–H and O–H groups in total. The predicted molar refractivity (Wildman–Crippen MR) is 142 cm³/mol. The monoisotopic (exact) mass is 438 g/mol. The molecule has 0 fully saturated rings. The maximum absolute atomic E-state index is 3.58. The second-order valence-corrected chi connectivity index (χ2v) is 11.2. The summed E-state index contributed by atoms with van der Waals surface area (Å²) in [6, 6.07) is 26.0. The summed E-state index contributed by atoms with van der Waals surface area (Å²) in [6.07, 6.45) is 8.10. The minimum absolute atomic E-state index is 0. The van der Waals surface area contributed by atoms with Crippen LogP contribution in [0.25, 0.3) is 21.5 Å². The molecule has 0 heterocycles. The van der Waals surface area contributed by atoms with E-state index in [4.69, 9.17) is 0 Å². The summed E-state index contributed by atoms with van der Waals surface area (Å²) in [5.41, 5.74) is 8.13. The first-order valence-corrected chi connectivity index (χ1v) is 13.4. The second-order valence-electron chi connectivity index (χ2n) is 8.74. The van der Waals surface area contributed by atoms with Crippen LogP contribution in [0.5, 0.6) is 0 Å². The van der Waals surface area contributed by atoms with Gasteiger partial charge in [-0.3, -0.25) is 0 Å². The van der Waals surface area contributed by atoms with Gasteiger partial charge in [0.25, 0.3) is 0 Å². The van der Waals surface area contributed by atoms with E-state index in [2.05, 4.69) is 112 Å². The Hall–Kier alpha value is -2.27. The van der Waals surface area contributed by atoms with Crippen LogP contribution in [-0.2, 0) is 6.42 Å². The van der Waals surface area contributed by atoms with Crippen LogP contribution < -0.4 is 0 Å². The van der Waals surface area contributed by atoms with Crippen LogP contribution in [0, 0.1) is 12.2 Å². The molecule has 2 aliphatic rings. The minimum atomic E-state index is -0.423. The molecule has 0 unspecified atom stereocenters. The molecule has 0 bridgehead atoms. The summed E-state index contributed by atoms with van der Waals surface area (Å²) >= 11 is 0. The van der Waals surface area contributed by atoms with E-state index in [9.17, 15) is 0 Å². The first kappa shape index (κ1) is 22.9. The van der Waals surface area contributed by atoms with E-state index < -0.39 is 8.41 Å². The molecule has 0 amide bonds. The number of hydrogen-bond donors (Lipinski definition) is 0. The summed E-state index contributed by atoms with van der Waals surface area (Å²) < 4.78 is 0. The van der Waals surface area contributed by atoms with E-state index >= 15 is 0 Å². The Morgan fingerprint density at radius 2 is 1.28 bits per heavy atom. The zero-order valence-corrected chi connectivity index (χ0v) is 21.8. The molecule has 4 aromatic rings. The first-order valence-electron chi connectivity index (χ1n) is 10.9. The van der Waals surface area contributed by atoms with Crippen molar-refractivity contribution in [2.45, 2.75) is 33.4 Å². The van der Waals surface area contributed by atoms with Crippen molar-refractivity contribution in [2.75, 3.05) is 0 Å². The van der Waals surface area contributed by atoms with E-state index in [1.807, 2.05) is 0 Å². The van der Waals surface area contributed by atoms with Crippen molar-refractivity contribution in [1.82, 2.24) is 0 Å². The molecular formula is C30H26MgSi. The fourth-order valence-corrected chi connectivity index (χ4v) is 6.43. The zero-order valence-electron chi connectivity index (χ0n) is 19.3. The molecule has 0 atom stereocenters. The van der Waals surface area contributed by atoms with Crippen molar-refractivity contribution in [3.8, 4) is 0 Å². The Bertz CT molecular complexity index is 1430. The van der Waals surface area contributed by atoms with Crippen LogP contribution in [0.1, 0.15) is 36.1 Å². The number of allylic oxidation sites excluding steroid dienone is 2. The first-order chi connectivity index (χ1) is 15.0. The number of benzene rings is 4. The van der Waals surface area contributed by atoms with Gasteiger partial charge in [-0.2, -0.15) is 11.6 Å². The van der Waals surface area contributed by atoms with E-state index in [1.165, 1.54) is 54.9 Å². The fourth-order valence-electron chi connectivity index (χ4n) is 4.87. The maximum Gasteiger partial charge on any atom is 2.00 e. The number of fused-ring (bicyclic) bond motifs is 6. The Morgan fingerprint density at radius 1 is 0.688 bits per heavy atom. The van der Waals surface area contributed by atoms with Gasteiger partial charge in [0.2, 0.25) is 0 Å². The summed E-state index contributed by atoms with van der Waals surface area (Å²) in [4.78, 5) is 0. The summed E-state index contributed by atoms with van der Waals surface area (Å²) in [6.45, 7) is 9.06. The molecule has 6 rings (SSSR count). The van der Waals surface area contributed by atoms with Gasteiger partial charge in [0.15, 0.2) is 0 Å². The average Bonchev–Trinajstić information content (AvgIpc) is 3.33. The molecule has 0 saturated heterocycles. The molecule has 0 aliphatic heterocycles. The fraction of sp³-hybridized carbons (Fsp3) is 0.167. The van der Waals surface area contributed by atoms with Gasteiger partial charge in [0, 0.05) is 0 Å². The van der Waals surface area contributed by atoms with Crippen molar-refractivity contribution in [1.29, 1.82) is 0 Å². The van der Waals surface area contributed by atoms with E-state index in [0.717, 1.165) is 6.42 Å². The molecule has 4 aromatic carbocycles. The molecule has 2 aliphatic carbocycles. The third kappa shape index (κ3) is 4.08. The molecule has 0 saturated carbocycles. The molecule has 0 spiro atoms. The van der Waals surface area contributed by atoms with Crippen molar-refractivity contribution in [2.24, 2.45) is 0 Å². The topological polar surface area (TPSA) is 0 Å². The summed E-state index contributed by atoms with van der Waals surface area (Å²) in [5, 5.41) is 6.85. The quantitative estimate of drug-likeness (QED) is 0.206.